The van der Waals surface area contributed by atoms with Crippen LogP contribution in [0.5, 0.6) is 0 Å². The van der Waals surface area contributed by atoms with E-state index in [-0.39, 0.29) is 0 Å². The molecule has 1 aliphatic carbocycles. The van der Waals surface area contributed by atoms with Crippen LogP contribution >= 0.6 is 0 Å². The van der Waals surface area contributed by atoms with Gasteiger partial charge in [-0.2, -0.15) is 0 Å². The Morgan fingerprint density at radius 1 is 1.00 bits per heavy atom. The highest BCUT2D eigenvalue weighted by Gasteiger charge is 2.35. The van der Waals surface area contributed by atoms with Gasteiger partial charge < -0.3 is 14.5 Å². The summed E-state index contributed by atoms with van der Waals surface area (Å²) in [5.41, 5.74) is 0. The second-order valence-electron chi connectivity index (χ2n) is 8.69. The van der Waals surface area contributed by atoms with Gasteiger partial charge in [0.2, 0.25) is 0 Å². The standard InChI is InChI=1S/C22H44N2O/c1-6-9-18(4)24-13-11-20(12-14-24)17-23(8-3)21-15-22(16-21)25-19(5)10-7-2/h18-22H,6-17H2,1-5H3/t18?,19?,21-,22-. The molecular formula is C22H44N2O. The van der Waals surface area contributed by atoms with E-state index >= 15 is 0 Å². The van der Waals surface area contributed by atoms with Crippen molar-refractivity contribution < 1.29 is 4.74 Å². The Labute approximate surface area is 157 Å². The van der Waals surface area contributed by atoms with E-state index in [0.29, 0.717) is 12.2 Å². The van der Waals surface area contributed by atoms with Gasteiger partial charge in [0.1, 0.15) is 0 Å². The van der Waals surface area contributed by atoms with Crippen molar-refractivity contribution in [3.8, 4) is 0 Å². The number of rotatable bonds is 11. The van der Waals surface area contributed by atoms with E-state index in [9.17, 15) is 0 Å². The van der Waals surface area contributed by atoms with Crippen molar-refractivity contribution in [1.82, 2.24) is 9.80 Å². The highest BCUT2D eigenvalue weighted by molar-refractivity contribution is 4.90. The predicted octanol–water partition coefficient (Wildman–Crippen LogP) is 4.95. The van der Waals surface area contributed by atoms with Crippen molar-refractivity contribution in [1.29, 1.82) is 0 Å². The maximum absolute atomic E-state index is 6.17. The average Bonchev–Trinajstić information content (AvgIpc) is 2.57. The monoisotopic (exact) mass is 352 g/mol. The van der Waals surface area contributed by atoms with Crippen LogP contribution in [0.3, 0.4) is 0 Å². The van der Waals surface area contributed by atoms with E-state index in [1.807, 2.05) is 0 Å². The lowest BCUT2D eigenvalue weighted by Crippen LogP contribution is -2.51. The molecule has 148 valence electrons. The minimum Gasteiger partial charge on any atom is -0.375 e. The molecule has 0 N–H and O–H groups in total. The van der Waals surface area contributed by atoms with Crippen LogP contribution in [0.4, 0.5) is 0 Å². The molecule has 0 radical (unpaired) electrons. The SMILES string of the molecule is CCCC(C)O[C@H]1C[C@H](N(CC)CC2CCN(C(C)CCC)CC2)C1. The van der Waals surface area contributed by atoms with Crippen LogP contribution in [0, 0.1) is 5.92 Å². The molecule has 1 saturated carbocycles. The van der Waals surface area contributed by atoms with Gasteiger partial charge in [-0.15, -0.1) is 0 Å². The molecule has 2 fully saturated rings. The van der Waals surface area contributed by atoms with Crippen LogP contribution in [0.25, 0.3) is 0 Å². The molecule has 1 aliphatic heterocycles. The van der Waals surface area contributed by atoms with Gasteiger partial charge in [-0.05, 0) is 77.9 Å². The first-order chi connectivity index (χ1) is 12.1. The summed E-state index contributed by atoms with van der Waals surface area (Å²) in [6, 6.07) is 1.56. The first-order valence-corrected chi connectivity index (χ1v) is 11.2. The van der Waals surface area contributed by atoms with Gasteiger partial charge in [-0.3, -0.25) is 0 Å². The van der Waals surface area contributed by atoms with E-state index in [1.165, 1.54) is 77.5 Å². The highest BCUT2D eigenvalue weighted by atomic mass is 16.5. The molecule has 1 heterocycles. The minimum absolute atomic E-state index is 0.445. The molecule has 0 aromatic carbocycles. The van der Waals surface area contributed by atoms with Crippen LogP contribution in [0.1, 0.15) is 86.0 Å². The number of nitrogens with zero attached hydrogens (tertiary/aromatic N) is 2. The summed E-state index contributed by atoms with van der Waals surface area (Å²) in [6.07, 6.45) is 11.4. The van der Waals surface area contributed by atoms with Crippen molar-refractivity contribution >= 4 is 0 Å². The molecule has 2 aliphatic rings. The summed E-state index contributed by atoms with van der Waals surface area (Å²) in [4.78, 5) is 5.47. The van der Waals surface area contributed by atoms with Crippen LogP contribution in [-0.4, -0.2) is 60.3 Å². The van der Waals surface area contributed by atoms with Crippen molar-refractivity contribution in [2.24, 2.45) is 5.92 Å². The molecular weight excluding hydrogens is 308 g/mol. The Morgan fingerprint density at radius 3 is 2.20 bits per heavy atom. The van der Waals surface area contributed by atoms with Gasteiger partial charge in [0.15, 0.2) is 0 Å². The summed E-state index contributed by atoms with van der Waals surface area (Å²) >= 11 is 0. The first kappa shape index (κ1) is 21.2. The average molecular weight is 353 g/mol. The molecule has 2 rings (SSSR count). The predicted molar refractivity (Wildman–Crippen MR) is 108 cm³/mol. The lowest BCUT2D eigenvalue weighted by Gasteiger charge is -2.45. The third-order valence-corrected chi connectivity index (χ3v) is 6.58. The van der Waals surface area contributed by atoms with Crippen molar-refractivity contribution in [3.05, 3.63) is 0 Å². The van der Waals surface area contributed by atoms with Gasteiger partial charge in [-0.1, -0.05) is 33.6 Å². The maximum atomic E-state index is 6.17. The highest BCUT2D eigenvalue weighted by Crippen LogP contribution is 2.31. The van der Waals surface area contributed by atoms with E-state index in [0.717, 1.165) is 18.0 Å². The lowest BCUT2D eigenvalue weighted by atomic mass is 9.86. The maximum Gasteiger partial charge on any atom is 0.0608 e. The van der Waals surface area contributed by atoms with Crippen LogP contribution in [-0.2, 0) is 4.74 Å². The van der Waals surface area contributed by atoms with Gasteiger partial charge in [0.05, 0.1) is 12.2 Å². The lowest BCUT2D eigenvalue weighted by molar-refractivity contribution is -0.0867. The smallest absolute Gasteiger partial charge is 0.0608 e. The van der Waals surface area contributed by atoms with Crippen molar-refractivity contribution in [2.45, 2.75) is 110 Å². The molecule has 1 saturated heterocycles. The topological polar surface area (TPSA) is 15.7 Å². The number of piperidine rings is 1. The van der Waals surface area contributed by atoms with Gasteiger partial charge in [-0.25, -0.2) is 0 Å². The molecule has 2 atom stereocenters. The molecule has 0 amide bonds. The Morgan fingerprint density at radius 2 is 1.64 bits per heavy atom. The summed E-state index contributed by atoms with van der Waals surface area (Å²) in [5, 5.41) is 0. The second-order valence-corrected chi connectivity index (χ2v) is 8.69. The molecule has 2 unspecified atom stereocenters. The minimum atomic E-state index is 0.445. The first-order valence-electron chi connectivity index (χ1n) is 11.2. The van der Waals surface area contributed by atoms with E-state index in [2.05, 4.69) is 44.4 Å². The van der Waals surface area contributed by atoms with E-state index < -0.39 is 0 Å². The number of hydrogen-bond acceptors (Lipinski definition) is 3. The molecule has 3 nitrogen and oxygen atoms in total. The van der Waals surface area contributed by atoms with Gasteiger partial charge in [0.25, 0.3) is 0 Å². The molecule has 0 aromatic heterocycles. The molecule has 0 bridgehead atoms. The summed E-state index contributed by atoms with van der Waals surface area (Å²) in [5.74, 6) is 0.906. The number of hydrogen-bond donors (Lipinski definition) is 0. The Bertz CT molecular complexity index is 348. The fourth-order valence-corrected chi connectivity index (χ4v) is 4.79. The van der Waals surface area contributed by atoms with Crippen molar-refractivity contribution in [3.63, 3.8) is 0 Å². The van der Waals surface area contributed by atoms with Crippen molar-refractivity contribution in [2.75, 3.05) is 26.2 Å². The Hall–Kier alpha value is -0.120. The van der Waals surface area contributed by atoms with E-state index in [1.54, 1.807) is 0 Å². The molecule has 0 spiro atoms. The van der Waals surface area contributed by atoms with Gasteiger partial charge in [0, 0.05) is 18.6 Å². The zero-order valence-electron chi connectivity index (χ0n) is 17.7. The summed E-state index contributed by atoms with van der Waals surface area (Å²) in [6.45, 7) is 16.7. The van der Waals surface area contributed by atoms with Crippen LogP contribution in [0.2, 0.25) is 0 Å². The summed E-state index contributed by atoms with van der Waals surface area (Å²) in [7, 11) is 0. The fraction of sp³-hybridized carbons (Fsp3) is 1.00. The van der Waals surface area contributed by atoms with E-state index in [4.69, 9.17) is 4.74 Å². The quantitative estimate of drug-likeness (QED) is 0.523. The van der Waals surface area contributed by atoms with Gasteiger partial charge >= 0.3 is 0 Å². The second kappa shape index (κ2) is 10.9. The van der Waals surface area contributed by atoms with Crippen LogP contribution in [0.15, 0.2) is 0 Å². The third-order valence-electron chi connectivity index (χ3n) is 6.58. The molecule has 3 heteroatoms. The Balaban J connectivity index is 1.66. The number of ether oxygens (including phenoxy) is 1. The fourth-order valence-electron chi connectivity index (χ4n) is 4.79. The third kappa shape index (κ3) is 6.52. The number of likely N-dealkylation sites (tertiary alicyclic amines) is 1. The zero-order valence-corrected chi connectivity index (χ0v) is 17.7. The molecule has 0 aromatic rings. The molecule has 25 heavy (non-hydrogen) atoms. The normalized spacial score (nSPS) is 28.1. The zero-order chi connectivity index (χ0) is 18.2. The Kier molecular flexibility index (Phi) is 9.23. The van der Waals surface area contributed by atoms with Crippen LogP contribution < -0.4 is 0 Å². The largest absolute Gasteiger partial charge is 0.375 e. The summed E-state index contributed by atoms with van der Waals surface area (Å²) < 4.78 is 6.17.